The Morgan fingerprint density at radius 1 is 1.14 bits per heavy atom. The lowest BCUT2D eigenvalue weighted by Crippen LogP contribution is -2.21. The third-order valence-electron chi connectivity index (χ3n) is 3.08. The van der Waals surface area contributed by atoms with Crippen molar-refractivity contribution in [1.29, 1.82) is 0 Å². The lowest BCUT2D eigenvalue weighted by molar-refractivity contribution is 0.469. The number of hydrogen-bond acceptors (Lipinski definition) is 2. The fourth-order valence-corrected chi connectivity index (χ4v) is 2.37. The SMILES string of the molecule is Cc1ccc(F)cc1Oc1ccc(CNC(C)C)cc1Br. The van der Waals surface area contributed by atoms with Crippen molar-refractivity contribution in [3.05, 3.63) is 57.8 Å². The molecule has 0 heterocycles. The first-order chi connectivity index (χ1) is 9.95. The number of nitrogens with one attached hydrogen (secondary N) is 1. The van der Waals surface area contributed by atoms with Crippen molar-refractivity contribution in [2.24, 2.45) is 0 Å². The van der Waals surface area contributed by atoms with E-state index in [9.17, 15) is 4.39 Å². The van der Waals surface area contributed by atoms with E-state index < -0.39 is 0 Å². The van der Waals surface area contributed by atoms with Gasteiger partial charge >= 0.3 is 0 Å². The molecule has 2 aromatic carbocycles. The van der Waals surface area contributed by atoms with Crippen LogP contribution in [0.2, 0.25) is 0 Å². The Kier molecular flexibility index (Phi) is 5.37. The number of aryl methyl sites for hydroxylation is 1. The molecule has 2 rings (SSSR count). The molecule has 0 aliphatic rings. The Morgan fingerprint density at radius 3 is 2.57 bits per heavy atom. The predicted molar refractivity (Wildman–Crippen MR) is 87.3 cm³/mol. The first-order valence-electron chi connectivity index (χ1n) is 6.91. The van der Waals surface area contributed by atoms with E-state index in [0.29, 0.717) is 17.5 Å². The van der Waals surface area contributed by atoms with Crippen molar-refractivity contribution in [1.82, 2.24) is 5.32 Å². The van der Waals surface area contributed by atoms with E-state index in [-0.39, 0.29) is 5.82 Å². The van der Waals surface area contributed by atoms with Crippen molar-refractivity contribution >= 4 is 15.9 Å². The highest BCUT2D eigenvalue weighted by Gasteiger charge is 2.07. The summed E-state index contributed by atoms with van der Waals surface area (Å²) in [6.07, 6.45) is 0. The average molecular weight is 352 g/mol. The van der Waals surface area contributed by atoms with Gasteiger partial charge in [-0.25, -0.2) is 4.39 Å². The van der Waals surface area contributed by atoms with Gasteiger partial charge in [0.2, 0.25) is 0 Å². The summed E-state index contributed by atoms with van der Waals surface area (Å²) in [6.45, 7) is 6.91. The quantitative estimate of drug-likeness (QED) is 0.800. The molecule has 0 unspecified atom stereocenters. The molecule has 2 nitrogen and oxygen atoms in total. The van der Waals surface area contributed by atoms with Gasteiger partial charge in [0.15, 0.2) is 0 Å². The van der Waals surface area contributed by atoms with Crippen LogP contribution in [0.3, 0.4) is 0 Å². The molecule has 0 aliphatic heterocycles. The van der Waals surface area contributed by atoms with Gasteiger partial charge in [-0.05, 0) is 52.2 Å². The Morgan fingerprint density at radius 2 is 1.90 bits per heavy atom. The summed E-state index contributed by atoms with van der Waals surface area (Å²) in [4.78, 5) is 0. The zero-order valence-corrected chi connectivity index (χ0v) is 14.0. The van der Waals surface area contributed by atoms with E-state index in [1.165, 1.54) is 17.7 Å². The molecule has 4 heteroatoms. The summed E-state index contributed by atoms with van der Waals surface area (Å²) < 4.78 is 19.9. The molecule has 1 N–H and O–H groups in total. The maximum Gasteiger partial charge on any atom is 0.141 e. The normalized spacial score (nSPS) is 11.0. The Hall–Kier alpha value is -1.39. The van der Waals surface area contributed by atoms with Crippen molar-refractivity contribution in [2.75, 3.05) is 0 Å². The number of rotatable bonds is 5. The summed E-state index contributed by atoms with van der Waals surface area (Å²) in [5, 5.41) is 3.36. The second kappa shape index (κ2) is 7.05. The molecule has 0 amide bonds. The molecule has 0 aliphatic carbocycles. The van der Waals surface area contributed by atoms with Gasteiger partial charge in [-0.3, -0.25) is 0 Å². The first-order valence-corrected chi connectivity index (χ1v) is 7.71. The molecular formula is C17H19BrFNO. The van der Waals surface area contributed by atoms with Crippen molar-refractivity contribution in [3.63, 3.8) is 0 Å². The second-order valence-electron chi connectivity index (χ2n) is 5.31. The zero-order chi connectivity index (χ0) is 15.4. The molecule has 2 aromatic rings. The van der Waals surface area contributed by atoms with Gasteiger partial charge in [-0.15, -0.1) is 0 Å². The molecule has 0 atom stereocenters. The van der Waals surface area contributed by atoms with Crippen LogP contribution in [0.5, 0.6) is 11.5 Å². The number of halogens is 2. The molecule has 0 fully saturated rings. The first kappa shape index (κ1) is 16.0. The van der Waals surface area contributed by atoms with E-state index in [1.807, 2.05) is 25.1 Å². The maximum atomic E-state index is 13.3. The monoisotopic (exact) mass is 351 g/mol. The van der Waals surface area contributed by atoms with Gasteiger partial charge in [0.1, 0.15) is 17.3 Å². The van der Waals surface area contributed by atoms with E-state index in [0.717, 1.165) is 16.6 Å². The minimum absolute atomic E-state index is 0.301. The van der Waals surface area contributed by atoms with Crippen LogP contribution in [0.15, 0.2) is 40.9 Å². The summed E-state index contributed by atoms with van der Waals surface area (Å²) in [6, 6.07) is 10.9. The number of benzene rings is 2. The molecular weight excluding hydrogens is 333 g/mol. The Balaban J connectivity index is 2.15. The van der Waals surface area contributed by atoms with Gasteiger partial charge in [-0.2, -0.15) is 0 Å². The van der Waals surface area contributed by atoms with Gasteiger partial charge in [0.05, 0.1) is 4.47 Å². The van der Waals surface area contributed by atoms with Crippen LogP contribution >= 0.6 is 15.9 Å². The van der Waals surface area contributed by atoms with Crippen molar-refractivity contribution in [2.45, 2.75) is 33.4 Å². The molecule has 0 saturated heterocycles. The molecule has 0 spiro atoms. The summed E-state index contributed by atoms with van der Waals surface area (Å²) >= 11 is 3.51. The Labute approximate surface area is 133 Å². The highest BCUT2D eigenvalue weighted by Crippen LogP contribution is 2.32. The number of ether oxygens (including phenoxy) is 1. The molecule has 0 aromatic heterocycles. The van der Waals surface area contributed by atoms with E-state index in [2.05, 4.69) is 35.1 Å². The molecule has 0 radical (unpaired) electrons. The van der Waals surface area contributed by atoms with Gasteiger partial charge < -0.3 is 10.1 Å². The molecule has 0 saturated carbocycles. The van der Waals surface area contributed by atoms with E-state index in [1.54, 1.807) is 6.07 Å². The fraction of sp³-hybridized carbons (Fsp3) is 0.294. The van der Waals surface area contributed by atoms with Crippen LogP contribution in [0, 0.1) is 12.7 Å². The summed E-state index contributed by atoms with van der Waals surface area (Å²) in [5.41, 5.74) is 2.06. The minimum Gasteiger partial charge on any atom is -0.456 e. The molecule has 112 valence electrons. The van der Waals surface area contributed by atoms with Crippen LogP contribution in [-0.4, -0.2) is 6.04 Å². The minimum atomic E-state index is -0.301. The van der Waals surface area contributed by atoms with Crippen molar-refractivity contribution < 1.29 is 9.13 Å². The van der Waals surface area contributed by atoms with Crippen LogP contribution in [-0.2, 0) is 6.54 Å². The largest absolute Gasteiger partial charge is 0.456 e. The molecule has 0 bridgehead atoms. The van der Waals surface area contributed by atoms with Crippen molar-refractivity contribution in [3.8, 4) is 11.5 Å². The van der Waals surface area contributed by atoms with Gasteiger partial charge in [0.25, 0.3) is 0 Å². The topological polar surface area (TPSA) is 21.3 Å². The highest BCUT2D eigenvalue weighted by molar-refractivity contribution is 9.10. The smallest absolute Gasteiger partial charge is 0.141 e. The standard InChI is InChI=1S/C17H19BrFNO/c1-11(2)20-10-13-5-7-16(15(18)8-13)21-17-9-14(19)6-4-12(17)3/h4-9,11,20H,10H2,1-3H3. The second-order valence-corrected chi connectivity index (χ2v) is 6.17. The third kappa shape index (κ3) is 4.55. The lowest BCUT2D eigenvalue weighted by Gasteiger charge is -2.13. The molecule has 21 heavy (non-hydrogen) atoms. The van der Waals surface area contributed by atoms with Gasteiger partial charge in [0, 0.05) is 18.7 Å². The fourth-order valence-electron chi connectivity index (χ4n) is 1.86. The van der Waals surface area contributed by atoms with Crippen LogP contribution in [0.4, 0.5) is 4.39 Å². The summed E-state index contributed by atoms with van der Waals surface area (Å²) in [7, 11) is 0. The van der Waals surface area contributed by atoms with Gasteiger partial charge in [-0.1, -0.05) is 26.0 Å². The van der Waals surface area contributed by atoms with Crippen LogP contribution < -0.4 is 10.1 Å². The summed E-state index contributed by atoms with van der Waals surface area (Å²) in [5.74, 6) is 0.908. The van der Waals surface area contributed by atoms with E-state index in [4.69, 9.17) is 4.74 Å². The zero-order valence-electron chi connectivity index (χ0n) is 12.4. The van der Waals surface area contributed by atoms with Crippen LogP contribution in [0.25, 0.3) is 0 Å². The lowest BCUT2D eigenvalue weighted by atomic mass is 10.2. The third-order valence-corrected chi connectivity index (χ3v) is 3.70. The van der Waals surface area contributed by atoms with E-state index >= 15 is 0 Å². The average Bonchev–Trinajstić information content (AvgIpc) is 2.43. The number of hydrogen-bond donors (Lipinski definition) is 1. The highest BCUT2D eigenvalue weighted by atomic mass is 79.9. The Bertz CT molecular complexity index is 628. The predicted octanol–water partition coefficient (Wildman–Crippen LogP) is 5.19. The maximum absolute atomic E-state index is 13.3. The van der Waals surface area contributed by atoms with Crippen LogP contribution in [0.1, 0.15) is 25.0 Å².